The molecule has 1 atom stereocenters. The monoisotopic (exact) mass is 266 g/mol. The lowest BCUT2D eigenvalue weighted by molar-refractivity contribution is -0.141. The Morgan fingerprint density at radius 2 is 1.74 bits per heavy atom. The first-order chi connectivity index (χ1) is 8.81. The van der Waals surface area contributed by atoms with Gasteiger partial charge in [-0.3, -0.25) is 0 Å². The molecule has 0 N–H and O–H groups in total. The Hall–Kier alpha value is -1.05. The molecule has 2 heteroatoms. The van der Waals surface area contributed by atoms with Gasteiger partial charge in [-0.05, 0) is 44.6 Å². The molecule has 0 fully saturated rings. The van der Waals surface area contributed by atoms with Gasteiger partial charge in [0.25, 0.3) is 0 Å². The predicted molar refractivity (Wildman–Crippen MR) is 82.0 cm³/mol. The average Bonchev–Trinajstić information content (AvgIpc) is 2.24. The van der Waals surface area contributed by atoms with Crippen molar-refractivity contribution >= 4 is 5.97 Å². The number of esters is 1. The molecule has 0 aliphatic heterocycles. The van der Waals surface area contributed by atoms with Gasteiger partial charge in [-0.1, -0.05) is 45.8 Å². The minimum atomic E-state index is -0.259. The number of carbonyl (C=O) groups is 1. The van der Waals surface area contributed by atoms with Crippen molar-refractivity contribution in [1.29, 1.82) is 0 Å². The molecule has 0 saturated carbocycles. The van der Waals surface area contributed by atoms with Crippen LogP contribution in [0.3, 0.4) is 0 Å². The van der Waals surface area contributed by atoms with Crippen molar-refractivity contribution in [2.75, 3.05) is 0 Å². The molecule has 1 unspecified atom stereocenters. The van der Waals surface area contributed by atoms with Crippen molar-refractivity contribution in [3.63, 3.8) is 0 Å². The van der Waals surface area contributed by atoms with Crippen LogP contribution in [0, 0.1) is 11.8 Å². The second-order valence-corrected chi connectivity index (χ2v) is 6.09. The van der Waals surface area contributed by atoms with E-state index in [1.165, 1.54) is 12.8 Å². The molecule has 0 bridgehead atoms. The lowest BCUT2D eigenvalue weighted by Gasteiger charge is -2.10. The molecule has 0 aliphatic carbocycles. The Balaban J connectivity index is 4.04. The molecule has 19 heavy (non-hydrogen) atoms. The first-order valence-corrected chi connectivity index (χ1v) is 7.36. The van der Waals surface area contributed by atoms with Gasteiger partial charge in [0.05, 0.1) is 6.10 Å². The molecule has 2 nitrogen and oxygen atoms in total. The van der Waals surface area contributed by atoms with Crippen molar-refractivity contribution in [2.45, 2.75) is 66.9 Å². The largest absolute Gasteiger partial charge is 0.460 e. The second-order valence-electron chi connectivity index (χ2n) is 6.09. The molecular weight excluding hydrogens is 236 g/mol. The summed E-state index contributed by atoms with van der Waals surface area (Å²) in [5.41, 5.74) is 0.946. The van der Waals surface area contributed by atoms with E-state index >= 15 is 0 Å². The first kappa shape index (κ1) is 17.9. The van der Waals surface area contributed by atoms with E-state index in [1.54, 1.807) is 6.08 Å². The summed E-state index contributed by atoms with van der Waals surface area (Å²) in [6.07, 6.45) is 9.26. The summed E-state index contributed by atoms with van der Waals surface area (Å²) in [6, 6.07) is 0. The van der Waals surface area contributed by atoms with Crippen molar-refractivity contribution < 1.29 is 9.53 Å². The molecule has 110 valence electrons. The third-order valence-electron chi connectivity index (χ3n) is 2.85. The normalized spacial score (nSPS) is 14.4. The fourth-order valence-electron chi connectivity index (χ4n) is 1.72. The van der Waals surface area contributed by atoms with Crippen LogP contribution < -0.4 is 0 Å². The van der Waals surface area contributed by atoms with Gasteiger partial charge in [0, 0.05) is 6.08 Å². The van der Waals surface area contributed by atoms with Gasteiger partial charge < -0.3 is 4.74 Å². The molecule has 0 aliphatic rings. The lowest BCUT2D eigenvalue weighted by atomic mass is 9.96. The zero-order valence-electron chi connectivity index (χ0n) is 13.4. The fourth-order valence-corrected chi connectivity index (χ4v) is 1.72. The molecule has 0 rings (SSSR count). The molecular formula is C17H30O2. The van der Waals surface area contributed by atoms with E-state index < -0.39 is 0 Å². The quantitative estimate of drug-likeness (QED) is 0.355. The molecule has 0 heterocycles. The Labute approximate surface area is 118 Å². The SMILES string of the molecule is CC(/C=C/CC(C)CCC(C)C)=C\C(=O)OC(C)C. The van der Waals surface area contributed by atoms with Crippen molar-refractivity contribution in [1.82, 2.24) is 0 Å². The summed E-state index contributed by atoms with van der Waals surface area (Å²) in [4.78, 5) is 11.4. The van der Waals surface area contributed by atoms with E-state index in [-0.39, 0.29) is 12.1 Å². The topological polar surface area (TPSA) is 26.3 Å². The van der Waals surface area contributed by atoms with Crippen molar-refractivity contribution in [2.24, 2.45) is 11.8 Å². The maximum atomic E-state index is 11.4. The molecule has 0 saturated heterocycles. The summed E-state index contributed by atoms with van der Waals surface area (Å²) in [7, 11) is 0. The molecule has 0 aromatic rings. The highest BCUT2D eigenvalue weighted by Gasteiger charge is 2.03. The standard InChI is InChI=1S/C17H30O2/c1-13(2)10-11-15(5)8-7-9-16(6)12-17(18)19-14(3)4/h7,9,12-15H,8,10-11H2,1-6H3/b9-7+,16-12+. The van der Waals surface area contributed by atoms with E-state index in [0.29, 0.717) is 5.92 Å². The van der Waals surface area contributed by atoms with Crippen molar-refractivity contribution in [3.8, 4) is 0 Å². The highest BCUT2D eigenvalue weighted by Crippen LogP contribution is 2.15. The minimum Gasteiger partial charge on any atom is -0.460 e. The minimum absolute atomic E-state index is 0.0587. The van der Waals surface area contributed by atoms with E-state index in [2.05, 4.69) is 26.8 Å². The van der Waals surface area contributed by atoms with E-state index in [0.717, 1.165) is 17.9 Å². The summed E-state index contributed by atoms with van der Waals surface area (Å²) < 4.78 is 5.06. The zero-order valence-corrected chi connectivity index (χ0v) is 13.4. The summed E-state index contributed by atoms with van der Waals surface area (Å²) in [5.74, 6) is 1.22. The first-order valence-electron chi connectivity index (χ1n) is 7.36. The van der Waals surface area contributed by atoms with Gasteiger partial charge >= 0.3 is 5.97 Å². The number of hydrogen-bond acceptors (Lipinski definition) is 2. The number of ether oxygens (including phenoxy) is 1. The molecule has 0 amide bonds. The van der Waals surface area contributed by atoms with Crippen LogP contribution in [0.4, 0.5) is 0 Å². The van der Waals surface area contributed by atoms with Crippen LogP contribution in [0.1, 0.15) is 60.8 Å². The summed E-state index contributed by atoms with van der Waals surface area (Å²) >= 11 is 0. The van der Waals surface area contributed by atoms with Crippen LogP contribution in [0.15, 0.2) is 23.8 Å². The average molecular weight is 266 g/mol. The Kier molecular flexibility index (Phi) is 9.28. The Bertz CT molecular complexity index is 311. The lowest BCUT2D eigenvalue weighted by Crippen LogP contribution is -2.08. The molecule has 0 radical (unpaired) electrons. The van der Waals surface area contributed by atoms with Crippen LogP contribution in [0.25, 0.3) is 0 Å². The summed E-state index contributed by atoms with van der Waals surface area (Å²) in [5, 5.41) is 0. The highest BCUT2D eigenvalue weighted by atomic mass is 16.5. The number of allylic oxidation sites excluding steroid dienone is 3. The molecule has 0 aromatic heterocycles. The van der Waals surface area contributed by atoms with Crippen LogP contribution in [-0.2, 0) is 9.53 Å². The molecule has 0 spiro atoms. The second kappa shape index (κ2) is 9.82. The van der Waals surface area contributed by atoms with Gasteiger partial charge in [-0.15, -0.1) is 0 Å². The summed E-state index contributed by atoms with van der Waals surface area (Å²) in [6.45, 7) is 12.4. The van der Waals surface area contributed by atoms with Gasteiger partial charge in [0.2, 0.25) is 0 Å². The highest BCUT2D eigenvalue weighted by molar-refractivity contribution is 5.83. The van der Waals surface area contributed by atoms with Crippen LogP contribution in [-0.4, -0.2) is 12.1 Å². The maximum Gasteiger partial charge on any atom is 0.331 e. The van der Waals surface area contributed by atoms with Crippen LogP contribution in [0.2, 0.25) is 0 Å². The fraction of sp³-hybridized carbons (Fsp3) is 0.706. The van der Waals surface area contributed by atoms with Gasteiger partial charge in [-0.2, -0.15) is 0 Å². The van der Waals surface area contributed by atoms with E-state index in [9.17, 15) is 4.79 Å². The number of hydrogen-bond donors (Lipinski definition) is 0. The third kappa shape index (κ3) is 11.8. The zero-order chi connectivity index (χ0) is 14.8. The predicted octanol–water partition coefficient (Wildman–Crippen LogP) is 4.90. The number of rotatable bonds is 8. The molecule has 0 aromatic carbocycles. The number of carbonyl (C=O) groups excluding carboxylic acids is 1. The van der Waals surface area contributed by atoms with Crippen LogP contribution >= 0.6 is 0 Å². The Morgan fingerprint density at radius 3 is 2.26 bits per heavy atom. The van der Waals surface area contributed by atoms with Gasteiger partial charge in [0.1, 0.15) is 0 Å². The smallest absolute Gasteiger partial charge is 0.331 e. The third-order valence-corrected chi connectivity index (χ3v) is 2.85. The van der Waals surface area contributed by atoms with Crippen molar-refractivity contribution in [3.05, 3.63) is 23.8 Å². The van der Waals surface area contributed by atoms with E-state index in [1.807, 2.05) is 26.8 Å². The van der Waals surface area contributed by atoms with Gasteiger partial charge in [0.15, 0.2) is 0 Å². The van der Waals surface area contributed by atoms with E-state index in [4.69, 9.17) is 4.74 Å². The van der Waals surface area contributed by atoms with Gasteiger partial charge in [-0.25, -0.2) is 4.79 Å². The maximum absolute atomic E-state index is 11.4. The Morgan fingerprint density at radius 1 is 1.11 bits per heavy atom. The van der Waals surface area contributed by atoms with Crippen LogP contribution in [0.5, 0.6) is 0 Å².